The van der Waals surface area contributed by atoms with Crippen LogP contribution in [0, 0.1) is 0 Å². The van der Waals surface area contributed by atoms with Gasteiger partial charge in [0.05, 0.1) is 11.4 Å². The quantitative estimate of drug-likeness (QED) is 0.880. The third-order valence-electron chi connectivity index (χ3n) is 3.01. The molecule has 0 aliphatic heterocycles. The Morgan fingerprint density at radius 3 is 2.63 bits per heavy atom. The number of rotatable bonds is 4. The zero-order valence-electron chi connectivity index (χ0n) is 11.0. The number of aromatic nitrogens is 2. The maximum atomic E-state index is 6.01. The molecule has 0 fully saturated rings. The van der Waals surface area contributed by atoms with Crippen LogP contribution in [-0.4, -0.2) is 14.8 Å². The summed E-state index contributed by atoms with van der Waals surface area (Å²) < 4.78 is 1.91. The van der Waals surface area contributed by atoms with Gasteiger partial charge in [0, 0.05) is 16.3 Å². The Kier molecular flexibility index (Phi) is 4.22. The van der Waals surface area contributed by atoms with Crippen LogP contribution in [0.1, 0.15) is 30.8 Å². The van der Waals surface area contributed by atoms with Crippen LogP contribution in [0.15, 0.2) is 24.3 Å². The van der Waals surface area contributed by atoms with Crippen LogP contribution in [-0.2, 0) is 12.8 Å². The molecule has 1 aromatic carbocycles. The van der Waals surface area contributed by atoms with E-state index in [1.807, 2.05) is 16.8 Å². The number of hydrogen-bond donors (Lipinski definition) is 1. The van der Waals surface area contributed by atoms with Crippen LogP contribution >= 0.6 is 23.8 Å². The second kappa shape index (κ2) is 5.72. The Labute approximate surface area is 123 Å². The molecule has 0 radical (unpaired) electrons. The van der Waals surface area contributed by atoms with Crippen LogP contribution in [0.25, 0.3) is 5.69 Å². The molecule has 19 heavy (non-hydrogen) atoms. The SMILES string of the molecule is CCc1cc(CC)n(-c2ccc(Cl)cc2C(N)=S)n1. The van der Waals surface area contributed by atoms with E-state index in [0.717, 1.165) is 35.5 Å². The van der Waals surface area contributed by atoms with Crippen molar-refractivity contribution < 1.29 is 0 Å². The lowest BCUT2D eigenvalue weighted by atomic mass is 10.1. The summed E-state index contributed by atoms with van der Waals surface area (Å²) in [7, 11) is 0. The van der Waals surface area contributed by atoms with Crippen LogP contribution in [0.2, 0.25) is 5.02 Å². The van der Waals surface area contributed by atoms with E-state index in [2.05, 4.69) is 25.0 Å². The van der Waals surface area contributed by atoms with Gasteiger partial charge in [-0.3, -0.25) is 0 Å². The lowest BCUT2D eigenvalue weighted by Gasteiger charge is -2.11. The van der Waals surface area contributed by atoms with Crippen LogP contribution < -0.4 is 5.73 Å². The van der Waals surface area contributed by atoms with E-state index >= 15 is 0 Å². The first-order valence-corrected chi connectivity index (χ1v) is 7.03. The van der Waals surface area contributed by atoms with Crippen molar-refractivity contribution in [2.24, 2.45) is 5.73 Å². The summed E-state index contributed by atoms with van der Waals surface area (Å²) in [5.74, 6) is 0. The fourth-order valence-corrected chi connectivity index (χ4v) is 2.33. The maximum absolute atomic E-state index is 6.01. The second-order valence-corrected chi connectivity index (χ2v) is 5.15. The summed E-state index contributed by atoms with van der Waals surface area (Å²) in [4.78, 5) is 0.327. The Morgan fingerprint density at radius 1 is 1.32 bits per heavy atom. The van der Waals surface area contributed by atoms with Gasteiger partial charge in [-0.15, -0.1) is 0 Å². The minimum atomic E-state index is 0.327. The Hall–Kier alpha value is -1.39. The highest BCUT2D eigenvalue weighted by molar-refractivity contribution is 7.80. The van der Waals surface area contributed by atoms with Crippen molar-refractivity contribution in [3.8, 4) is 5.69 Å². The van der Waals surface area contributed by atoms with Crippen LogP contribution in [0.4, 0.5) is 0 Å². The minimum absolute atomic E-state index is 0.327. The van der Waals surface area contributed by atoms with Gasteiger partial charge in [-0.25, -0.2) is 4.68 Å². The highest BCUT2D eigenvalue weighted by Gasteiger charge is 2.13. The number of benzene rings is 1. The molecule has 1 aromatic heterocycles. The summed E-state index contributed by atoms with van der Waals surface area (Å²) in [6.07, 6.45) is 1.79. The van der Waals surface area contributed by atoms with Gasteiger partial charge in [0.2, 0.25) is 0 Å². The molecule has 5 heteroatoms. The molecule has 0 unspecified atom stereocenters. The number of halogens is 1. The topological polar surface area (TPSA) is 43.8 Å². The van der Waals surface area contributed by atoms with Crippen molar-refractivity contribution >= 4 is 28.8 Å². The first-order chi connectivity index (χ1) is 9.06. The molecule has 100 valence electrons. The number of hydrogen-bond acceptors (Lipinski definition) is 2. The van der Waals surface area contributed by atoms with Crippen molar-refractivity contribution in [3.63, 3.8) is 0 Å². The van der Waals surface area contributed by atoms with Gasteiger partial charge in [-0.05, 0) is 37.1 Å². The monoisotopic (exact) mass is 293 g/mol. The summed E-state index contributed by atoms with van der Waals surface area (Å²) in [6.45, 7) is 4.19. The molecular formula is C14H16ClN3S. The molecule has 0 aliphatic rings. The van der Waals surface area contributed by atoms with E-state index in [-0.39, 0.29) is 0 Å². The van der Waals surface area contributed by atoms with Gasteiger partial charge in [0.15, 0.2) is 0 Å². The average molecular weight is 294 g/mol. The molecule has 0 aliphatic carbocycles. The third kappa shape index (κ3) is 2.80. The summed E-state index contributed by atoms with van der Waals surface area (Å²) in [5, 5.41) is 5.22. The molecular weight excluding hydrogens is 278 g/mol. The molecule has 2 aromatic rings. The highest BCUT2D eigenvalue weighted by Crippen LogP contribution is 2.22. The largest absolute Gasteiger partial charge is 0.389 e. The molecule has 0 saturated heterocycles. The fourth-order valence-electron chi connectivity index (χ4n) is 2.00. The molecule has 0 spiro atoms. The van der Waals surface area contributed by atoms with Gasteiger partial charge < -0.3 is 5.73 Å². The van der Waals surface area contributed by atoms with Crippen molar-refractivity contribution in [1.29, 1.82) is 0 Å². The molecule has 3 nitrogen and oxygen atoms in total. The Balaban J connectivity index is 2.64. The van der Waals surface area contributed by atoms with Crippen LogP contribution in [0.3, 0.4) is 0 Å². The summed E-state index contributed by atoms with van der Waals surface area (Å²) >= 11 is 11.1. The third-order valence-corrected chi connectivity index (χ3v) is 3.47. The maximum Gasteiger partial charge on any atom is 0.106 e. The van der Waals surface area contributed by atoms with E-state index in [9.17, 15) is 0 Å². The zero-order chi connectivity index (χ0) is 14.0. The van der Waals surface area contributed by atoms with Crippen LogP contribution in [0.5, 0.6) is 0 Å². The second-order valence-electron chi connectivity index (χ2n) is 4.27. The fraction of sp³-hybridized carbons (Fsp3) is 0.286. The number of thiocarbonyl (C=S) groups is 1. The highest BCUT2D eigenvalue weighted by atomic mass is 35.5. The first-order valence-electron chi connectivity index (χ1n) is 6.24. The van der Waals surface area contributed by atoms with Gasteiger partial charge in [-0.2, -0.15) is 5.10 Å². The summed E-state index contributed by atoms with van der Waals surface area (Å²) in [5.41, 5.74) is 9.61. The van der Waals surface area contributed by atoms with E-state index in [0.29, 0.717) is 10.0 Å². The standard InChI is InChI=1S/C14H16ClN3S/c1-3-10-8-11(4-2)18(17-10)13-6-5-9(15)7-12(13)14(16)19/h5-8H,3-4H2,1-2H3,(H2,16,19). The van der Waals surface area contributed by atoms with Gasteiger partial charge in [-0.1, -0.05) is 37.7 Å². The lowest BCUT2D eigenvalue weighted by Crippen LogP contribution is -2.15. The van der Waals surface area contributed by atoms with Crippen molar-refractivity contribution in [1.82, 2.24) is 9.78 Å². The first kappa shape index (κ1) is 14.0. The van der Waals surface area contributed by atoms with Crippen molar-refractivity contribution in [2.45, 2.75) is 26.7 Å². The Bertz CT molecular complexity index is 619. The molecule has 2 rings (SSSR count). The molecule has 0 amide bonds. The Morgan fingerprint density at radius 2 is 2.05 bits per heavy atom. The smallest absolute Gasteiger partial charge is 0.106 e. The van der Waals surface area contributed by atoms with E-state index in [1.54, 1.807) is 6.07 Å². The summed E-state index contributed by atoms with van der Waals surface area (Å²) in [6, 6.07) is 7.62. The number of aryl methyl sites for hydroxylation is 2. The number of nitrogens with zero attached hydrogens (tertiary/aromatic N) is 2. The molecule has 0 atom stereocenters. The molecule has 2 N–H and O–H groups in total. The van der Waals surface area contributed by atoms with E-state index in [4.69, 9.17) is 29.6 Å². The van der Waals surface area contributed by atoms with Crippen molar-refractivity contribution in [3.05, 3.63) is 46.2 Å². The minimum Gasteiger partial charge on any atom is -0.389 e. The van der Waals surface area contributed by atoms with Gasteiger partial charge >= 0.3 is 0 Å². The number of nitrogens with two attached hydrogens (primary N) is 1. The predicted molar refractivity (Wildman–Crippen MR) is 83.2 cm³/mol. The lowest BCUT2D eigenvalue weighted by molar-refractivity contribution is 0.793. The van der Waals surface area contributed by atoms with Gasteiger partial charge in [0.25, 0.3) is 0 Å². The van der Waals surface area contributed by atoms with E-state index < -0.39 is 0 Å². The predicted octanol–water partition coefficient (Wildman–Crippen LogP) is 3.28. The molecule has 0 bridgehead atoms. The van der Waals surface area contributed by atoms with Crippen molar-refractivity contribution in [2.75, 3.05) is 0 Å². The zero-order valence-corrected chi connectivity index (χ0v) is 12.6. The molecule has 1 heterocycles. The van der Waals surface area contributed by atoms with Gasteiger partial charge in [0.1, 0.15) is 4.99 Å². The molecule has 0 saturated carbocycles. The normalized spacial score (nSPS) is 10.7. The average Bonchev–Trinajstić information content (AvgIpc) is 2.81. The van der Waals surface area contributed by atoms with E-state index in [1.165, 1.54) is 0 Å².